The van der Waals surface area contributed by atoms with E-state index in [1.165, 1.54) is 31.4 Å². The Morgan fingerprint density at radius 3 is 2.60 bits per heavy atom. The summed E-state index contributed by atoms with van der Waals surface area (Å²) in [4.78, 5) is 17.6. The van der Waals surface area contributed by atoms with Crippen LogP contribution in [0.4, 0.5) is 8.78 Å². The van der Waals surface area contributed by atoms with E-state index in [0.717, 1.165) is 51.3 Å². The highest BCUT2D eigenvalue weighted by atomic mass is 19.1. The smallest absolute Gasteiger partial charge is 0.243 e. The van der Waals surface area contributed by atoms with E-state index >= 15 is 0 Å². The third kappa shape index (κ3) is 2.97. The lowest BCUT2D eigenvalue weighted by Gasteiger charge is -2.36. The van der Waals surface area contributed by atoms with Crippen molar-refractivity contribution in [2.24, 2.45) is 0 Å². The van der Waals surface area contributed by atoms with Crippen LogP contribution < -0.4 is 0 Å². The van der Waals surface area contributed by atoms with Crippen LogP contribution in [0, 0.1) is 11.6 Å². The van der Waals surface area contributed by atoms with Gasteiger partial charge in [-0.05, 0) is 44.7 Å². The molecule has 5 heteroatoms. The van der Waals surface area contributed by atoms with Crippen molar-refractivity contribution in [1.82, 2.24) is 9.80 Å². The Morgan fingerprint density at radius 1 is 1.04 bits per heavy atom. The molecule has 1 aromatic rings. The minimum absolute atomic E-state index is 0.249. The normalized spacial score (nSPS) is 28.4. The molecule has 1 aliphatic carbocycles. The number of nitrogens with zero attached hydrogens (tertiary/aromatic N) is 2. The maximum Gasteiger partial charge on any atom is 0.243 e. The second-order valence-corrected chi connectivity index (χ2v) is 7.83. The number of likely N-dealkylation sites (tertiary alicyclic amines) is 2. The molecule has 2 saturated heterocycles. The molecule has 4 rings (SSSR count). The van der Waals surface area contributed by atoms with Crippen LogP contribution in [0.5, 0.6) is 0 Å². The van der Waals surface area contributed by atoms with Crippen LogP contribution in [-0.2, 0) is 11.3 Å². The molecule has 1 saturated carbocycles. The van der Waals surface area contributed by atoms with Crippen molar-refractivity contribution in [3.8, 4) is 0 Å². The fourth-order valence-corrected chi connectivity index (χ4v) is 5.07. The Bertz CT molecular complexity index is 659. The lowest BCUT2D eigenvalue weighted by Crippen LogP contribution is -2.51. The predicted molar refractivity (Wildman–Crippen MR) is 91.9 cm³/mol. The van der Waals surface area contributed by atoms with E-state index in [4.69, 9.17) is 0 Å². The van der Waals surface area contributed by atoms with E-state index in [1.807, 2.05) is 0 Å². The van der Waals surface area contributed by atoms with Gasteiger partial charge in [0.1, 0.15) is 17.2 Å². The summed E-state index contributed by atoms with van der Waals surface area (Å²) in [6.07, 6.45) is 8.61. The summed E-state index contributed by atoms with van der Waals surface area (Å²) < 4.78 is 27.2. The van der Waals surface area contributed by atoms with Gasteiger partial charge in [0.2, 0.25) is 5.91 Å². The van der Waals surface area contributed by atoms with Gasteiger partial charge in [0, 0.05) is 30.8 Å². The summed E-state index contributed by atoms with van der Waals surface area (Å²) in [5, 5.41) is 0. The zero-order valence-corrected chi connectivity index (χ0v) is 14.6. The summed E-state index contributed by atoms with van der Waals surface area (Å²) in [7, 11) is 0. The van der Waals surface area contributed by atoms with Gasteiger partial charge in [0.25, 0.3) is 0 Å². The summed E-state index contributed by atoms with van der Waals surface area (Å²) in [5.41, 5.74) is 0.0183. The van der Waals surface area contributed by atoms with E-state index in [1.54, 1.807) is 0 Å². The third-order valence-electron chi connectivity index (χ3n) is 6.44. The van der Waals surface area contributed by atoms with Crippen LogP contribution in [0.3, 0.4) is 0 Å². The largest absolute Gasteiger partial charge is 0.338 e. The zero-order valence-electron chi connectivity index (χ0n) is 14.6. The van der Waals surface area contributed by atoms with Crippen molar-refractivity contribution in [3.63, 3.8) is 0 Å². The van der Waals surface area contributed by atoms with Crippen molar-refractivity contribution in [2.75, 3.05) is 13.1 Å². The number of rotatable bonds is 3. The minimum Gasteiger partial charge on any atom is -0.338 e. The first-order valence-corrected chi connectivity index (χ1v) is 9.60. The molecule has 0 radical (unpaired) electrons. The fourth-order valence-electron chi connectivity index (χ4n) is 5.07. The van der Waals surface area contributed by atoms with Gasteiger partial charge in [0.05, 0.1) is 0 Å². The summed E-state index contributed by atoms with van der Waals surface area (Å²) in [5.74, 6) is -0.825. The first-order valence-electron chi connectivity index (χ1n) is 9.60. The van der Waals surface area contributed by atoms with Crippen LogP contribution in [0.15, 0.2) is 18.2 Å². The number of benzene rings is 1. The molecule has 0 aromatic heterocycles. The van der Waals surface area contributed by atoms with Gasteiger partial charge in [-0.2, -0.15) is 0 Å². The second-order valence-electron chi connectivity index (χ2n) is 7.83. The average molecular weight is 348 g/mol. The number of hydrogen-bond donors (Lipinski definition) is 0. The van der Waals surface area contributed by atoms with E-state index in [-0.39, 0.29) is 5.91 Å². The highest BCUT2D eigenvalue weighted by molar-refractivity contribution is 5.89. The Hall–Kier alpha value is -1.49. The Morgan fingerprint density at radius 2 is 1.84 bits per heavy atom. The zero-order chi connectivity index (χ0) is 17.4. The van der Waals surface area contributed by atoms with E-state index < -0.39 is 17.2 Å². The molecule has 3 aliphatic rings. The Labute approximate surface area is 148 Å². The maximum absolute atomic E-state index is 14.1. The Balaban J connectivity index is 1.53. The third-order valence-corrected chi connectivity index (χ3v) is 6.44. The SMILES string of the molecule is O=C1N(C2CCCCC2)CCC12CCCN2Cc1ccc(F)cc1F. The molecule has 2 aliphatic heterocycles. The highest BCUT2D eigenvalue weighted by Crippen LogP contribution is 2.42. The number of halogens is 2. The van der Waals surface area contributed by atoms with Gasteiger partial charge in [0.15, 0.2) is 0 Å². The molecule has 136 valence electrons. The van der Waals surface area contributed by atoms with Crippen LogP contribution in [0.25, 0.3) is 0 Å². The van der Waals surface area contributed by atoms with E-state index in [2.05, 4.69) is 9.80 Å². The van der Waals surface area contributed by atoms with Crippen LogP contribution in [0.1, 0.15) is 56.9 Å². The number of amides is 1. The number of carbonyl (C=O) groups excluding carboxylic acids is 1. The molecular formula is C20H26F2N2O. The molecule has 1 spiro atoms. The first-order chi connectivity index (χ1) is 12.1. The van der Waals surface area contributed by atoms with Gasteiger partial charge in [-0.3, -0.25) is 9.69 Å². The molecule has 1 amide bonds. The maximum atomic E-state index is 14.1. The van der Waals surface area contributed by atoms with Gasteiger partial charge >= 0.3 is 0 Å². The van der Waals surface area contributed by atoms with Crippen LogP contribution in [-0.4, -0.2) is 40.4 Å². The fraction of sp³-hybridized carbons (Fsp3) is 0.650. The molecule has 1 unspecified atom stereocenters. The summed E-state index contributed by atoms with van der Waals surface area (Å²) >= 11 is 0. The molecule has 1 aromatic carbocycles. The summed E-state index contributed by atoms with van der Waals surface area (Å²) in [6, 6.07) is 4.13. The Kier molecular flexibility index (Phi) is 4.52. The molecule has 2 heterocycles. The average Bonchev–Trinajstić information content (AvgIpc) is 3.17. The van der Waals surface area contributed by atoms with E-state index in [0.29, 0.717) is 18.2 Å². The van der Waals surface area contributed by atoms with Gasteiger partial charge in [-0.15, -0.1) is 0 Å². The van der Waals surface area contributed by atoms with Crippen molar-refractivity contribution in [1.29, 1.82) is 0 Å². The van der Waals surface area contributed by atoms with Crippen molar-refractivity contribution < 1.29 is 13.6 Å². The molecule has 1 atom stereocenters. The molecule has 0 bridgehead atoms. The predicted octanol–water partition coefficient (Wildman–Crippen LogP) is 3.86. The molecule has 0 N–H and O–H groups in total. The molecular weight excluding hydrogens is 322 g/mol. The highest BCUT2D eigenvalue weighted by Gasteiger charge is 2.54. The molecule has 3 nitrogen and oxygen atoms in total. The van der Waals surface area contributed by atoms with Gasteiger partial charge in [-0.1, -0.05) is 25.3 Å². The standard InChI is InChI=1S/C20H26F2N2O/c21-16-8-7-15(18(22)13-16)14-23-11-4-9-20(23)10-12-24(19(20)25)17-5-2-1-3-6-17/h7-8,13,17H,1-6,9-12,14H2. The lowest BCUT2D eigenvalue weighted by atomic mass is 9.92. The van der Waals surface area contributed by atoms with Gasteiger partial charge in [-0.25, -0.2) is 8.78 Å². The van der Waals surface area contributed by atoms with Crippen molar-refractivity contribution in [3.05, 3.63) is 35.4 Å². The number of carbonyl (C=O) groups is 1. The van der Waals surface area contributed by atoms with Crippen LogP contribution >= 0.6 is 0 Å². The summed E-state index contributed by atoms with van der Waals surface area (Å²) in [6.45, 7) is 2.02. The number of hydrogen-bond acceptors (Lipinski definition) is 2. The lowest BCUT2D eigenvalue weighted by molar-refractivity contribution is -0.139. The van der Waals surface area contributed by atoms with Gasteiger partial charge < -0.3 is 4.90 Å². The minimum atomic E-state index is -0.558. The molecule has 25 heavy (non-hydrogen) atoms. The first kappa shape index (κ1) is 17.0. The van der Waals surface area contributed by atoms with Crippen LogP contribution in [0.2, 0.25) is 0 Å². The van der Waals surface area contributed by atoms with Crippen molar-refractivity contribution in [2.45, 2.75) is 69.5 Å². The van der Waals surface area contributed by atoms with E-state index in [9.17, 15) is 13.6 Å². The quantitative estimate of drug-likeness (QED) is 0.828. The molecule has 3 fully saturated rings. The second kappa shape index (κ2) is 6.67. The van der Waals surface area contributed by atoms with Crippen molar-refractivity contribution >= 4 is 5.91 Å². The monoisotopic (exact) mass is 348 g/mol. The topological polar surface area (TPSA) is 23.6 Å².